The molecule has 3 aromatic rings. The lowest BCUT2D eigenvalue weighted by Gasteiger charge is -2.32. The van der Waals surface area contributed by atoms with Gasteiger partial charge in [-0.1, -0.05) is 16.8 Å². The zero-order valence-corrected chi connectivity index (χ0v) is 17.2. The van der Waals surface area contributed by atoms with Crippen LogP contribution in [-0.4, -0.2) is 38.4 Å². The molecule has 0 aliphatic heterocycles. The van der Waals surface area contributed by atoms with Crippen molar-refractivity contribution >= 4 is 17.6 Å². The summed E-state index contributed by atoms with van der Waals surface area (Å²) in [6, 6.07) is 8.92. The first-order valence-electron chi connectivity index (χ1n) is 9.55. The van der Waals surface area contributed by atoms with Gasteiger partial charge in [0.2, 0.25) is 11.7 Å². The van der Waals surface area contributed by atoms with Crippen molar-refractivity contribution in [3.8, 4) is 34.5 Å². The second kappa shape index (κ2) is 8.31. The number of hydrogen-bond donors (Lipinski definition) is 1. The maximum absolute atomic E-state index is 10.9. The van der Waals surface area contributed by atoms with Gasteiger partial charge < -0.3 is 19.1 Å². The van der Waals surface area contributed by atoms with E-state index in [2.05, 4.69) is 15.1 Å². The van der Waals surface area contributed by atoms with Crippen molar-refractivity contribution in [1.29, 1.82) is 0 Å². The second-order valence-electron chi connectivity index (χ2n) is 7.37. The van der Waals surface area contributed by atoms with Crippen LogP contribution in [0.4, 0.5) is 0 Å². The topological polar surface area (TPSA) is 108 Å². The van der Waals surface area contributed by atoms with Crippen molar-refractivity contribution in [3.63, 3.8) is 0 Å². The molecule has 1 aliphatic carbocycles. The molecule has 0 saturated heterocycles. The van der Waals surface area contributed by atoms with Gasteiger partial charge in [-0.25, -0.2) is 4.98 Å². The predicted octanol–water partition coefficient (Wildman–Crippen LogP) is 4.48. The van der Waals surface area contributed by atoms with Gasteiger partial charge in [-0.15, -0.1) is 0 Å². The number of benzene rings is 1. The van der Waals surface area contributed by atoms with Crippen LogP contribution >= 0.6 is 11.6 Å². The number of carboxylic acids is 1. The molecule has 30 heavy (non-hydrogen) atoms. The Morgan fingerprint density at radius 1 is 1.23 bits per heavy atom. The fourth-order valence-corrected chi connectivity index (χ4v) is 3.26. The van der Waals surface area contributed by atoms with Gasteiger partial charge in [0, 0.05) is 11.8 Å². The summed E-state index contributed by atoms with van der Waals surface area (Å²) in [5, 5.41) is 13.3. The molecule has 0 bridgehead atoms. The zero-order chi connectivity index (χ0) is 21.3. The number of halogens is 1. The Morgan fingerprint density at radius 3 is 2.60 bits per heavy atom. The van der Waals surface area contributed by atoms with Crippen LogP contribution < -0.4 is 9.47 Å². The Bertz CT molecular complexity index is 1050. The van der Waals surface area contributed by atoms with Crippen molar-refractivity contribution < 1.29 is 23.9 Å². The summed E-state index contributed by atoms with van der Waals surface area (Å²) in [6.45, 7) is 3.79. The van der Waals surface area contributed by atoms with E-state index in [0.717, 1.165) is 5.56 Å². The number of ether oxygens (including phenoxy) is 2. The Balaban J connectivity index is 1.43. The van der Waals surface area contributed by atoms with Crippen LogP contribution in [0.15, 0.2) is 41.1 Å². The number of nitrogens with zero attached hydrogens (tertiary/aromatic N) is 3. The molecule has 1 N–H and O–H groups in total. The Kier molecular flexibility index (Phi) is 5.59. The van der Waals surface area contributed by atoms with Gasteiger partial charge in [-0.3, -0.25) is 4.79 Å². The van der Waals surface area contributed by atoms with Crippen LogP contribution in [0.2, 0.25) is 5.02 Å². The number of rotatable bonds is 7. The molecule has 2 heterocycles. The second-order valence-corrected chi connectivity index (χ2v) is 7.78. The molecule has 0 atom stereocenters. The van der Waals surface area contributed by atoms with E-state index in [9.17, 15) is 4.79 Å². The van der Waals surface area contributed by atoms with Gasteiger partial charge in [0.05, 0.1) is 17.6 Å². The van der Waals surface area contributed by atoms with E-state index in [0.29, 0.717) is 46.8 Å². The lowest BCUT2D eigenvalue weighted by atomic mass is 9.82. The monoisotopic (exact) mass is 429 g/mol. The molecule has 4 rings (SSSR count). The third-order valence-electron chi connectivity index (χ3n) is 4.69. The van der Waals surface area contributed by atoms with E-state index in [1.807, 2.05) is 26.0 Å². The lowest BCUT2D eigenvalue weighted by molar-refractivity contribution is -0.147. The summed E-state index contributed by atoms with van der Waals surface area (Å²) in [5.41, 5.74) is 1.35. The minimum Gasteiger partial charge on any atom is -0.490 e. The molecule has 156 valence electrons. The fourth-order valence-electron chi connectivity index (χ4n) is 3.05. The normalized spacial score (nSPS) is 18.1. The molecule has 1 aliphatic rings. The molecule has 9 heteroatoms. The average molecular weight is 430 g/mol. The minimum absolute atomic E-state index is 0.0364. The summed E-state index contributed by atoms with van der Waals surface area (Å²) < 4.78 is 16.7. The van der Waals surface area contributed by atoms with Crippen LogP contribution in [0.3, 0.4) is 0 Å². The van der Waals surface area contributed by atoms with Crippen molar-refractivity contribution in [2.45, 2.75) is 38.9 Å². The third kappa shape index (κ3) is 4.38. The molecule has 1 fully saturated rings. The molecule has 1 saturated carbocycles. The molecule has 0 unspecified atom stereocenters. The first-order chi connectivity index (χ1) is 14.4. The Morgan fingerprint density at radius 2 is 1.97 bits per heavy atom. The van der Waals surface area contributed by atoms with E-state index < -0.39 is 5.97 Å². The Labute approximate surface area is 177 Å². The van der Waals surface area contributed by atoms with E-state index in [4.69, 9.17) is 30.7 Å². The highest BCUT2D eigenvalue weighted by Gasteiger charge is 2.36. The van der Waals surface area contributed by atoms with Gasteiger partial charge in [0.15, 0.2) is 0 Å². The molecule has 8 nitrogen and oxygen atoms in total. The van der Waals surface area contributed by atoms with Crippen molar-refractivity contribution in [1.82, 2.24) is 15.1 Å². The van der Waals surface area contributed by atoms with Crippen LogP contribution in [0.25, 0.3) is 22.8 Å². The quantitative estimate of drug-likeness (QED) is 0.585. The van der Waals surface area contributed by atoms with Crippen molar-refractivity contribution in [2.75, 3.05) is 0 Å². The highest BCUT2D eigenvalue weighted by molar-refractivity contribution is 6.32. The zero-order valence-electron chi connectivity index (χ0n) is 16.4. The van der Waals surface area contributed by atoms with Gasteiger partial charge >= 0.3 is 5.97 Å². The minimum atomic E-state index is -0.767. The highest BCUT2D eigenvalue weighted by Crippen LogP contribution is 2.33. The van der Waals surface area contributed by atoms with Gasteiger partial charge in [0.1, 0.15) is 16.9 Å². The van der Waals surface area contributed by atoms with E-state index in [1.165, 1.54) is 0 Å². The summed E-state index contributed by atoms with van der Waals surface area (Å²) in [5.74, 6) is 0.674. The maximum atomic E-state index is 10.9. The lowest BCUT2D eigenvalue weighted by Crippen LogP contribution is -2.38. The predicted molar refractivity (Wildman–Crippen MR) is 109 cm³/mol. The third-order valence-corrected chi connectivity index (χ3v) is 4.96. The van der Waals surface area contributed by atoms with Crippen molar-refractivity contribution in [3.05, 3.63) is 41.6 Å². The molecular formula is C21H20ClN3O5. The number of carboxylic acid groups (broad SMARTS) is 1. The SMILES string of the molecule is CC(C)Oc1ncc(-c2nc(-c3ccc(O[C@H]4C[C@@H](C(=O)O)C4)cc3)no2)cc1Cl. The molecule has 0 amide bonds. The van der Waals surface area contributed by atoms with E-state index >= 15 is 0 Å². The molecule has 1 aromatic carbocycles. The van der Waals surface area contributed by atoms with Crippen LogP contribution in [0.1, 0.15) is 26.7 Å². The van der Waals surface area contributed by atoms with Crippen LogP contribution in [-0.2, 0) is 4.79 Å². The van der Waals surface area contributed by atoms with E-state index in [-0.39, 0.29) is 18.1 Å². The first kappa shape index (κ1) is 20.2. The van der Waals surface area contributed by atoms with E-state index in [1.54, 1.807) is 24.4 Å². The molecule has 0 spiro atoms. The summed E-state index contributed by atoms with van der Waals surface area (Å²) in [7, 11) is 0. The average Bonchev–Trinajstić information content (AvgIpc) is 3.16. The summed E-state index contributed by atoms with van der Waals surface area (Å²) in [6.07, 6.45) is 2.53. The number of hydrogen-bond acceptors (Lipinski definition) is 7. The Hall–Kier alpha value is -3.13. The van der Waals surface area contributed by atoms with Gasteiger partial charge in [0.25, 0.3) is 5.89 Å². The standard InChI is InChI=1S/C21H20ClN3O5/c1-11(2)28-20-17(22)9-14(10-23-20)19-24-18(25-30-19)12-3-5-15(6-4-12)29-16-7-13(8-16)21(26)27/h3-6,9-11,13,16H,7-8H2,1-2H3,(H,26,27)/t13-,16+. The highest BCUT2D eigenvalue weighted by atomic mass is 35.5. The largest absolute Gasteiger partial charge is 0.490 e. The fraction of sp³-hybridized carbons (Fsp3) is 0.333. The smallest absolute Gasteiger partial charge is 0.306 e. The molecule has 2 aromatic heterocycles. The molecular weight excluding hydrogens is 410 g/mol. The van der Waals surface area contributed by atoms with Crippen LogP contribution in [0.5, 0.6) is 11.6 Å². The van der Waals surface area contributed by atoms with Gasteiger partial charge in [-0.05, 0) is 57.0 Å². The number of carbonyl (C=O) groups is 1. The van der Waals surface area contributed by atoms with Gasteiger partial charge in [-0.2, -0.15) is 4.98 Å². The number of aliphatic carboxylic acids is 1. The summed E-state index contributed by atoms with van der Waals surface area (Å²) >= 11 is 6.23. The maximum Gasteiger partial charge on any atom is 0.306 e. The molecule has 0 radical (unpaired) electrons. The van der Waals surface area contributed by atoms with Crippen LogP contribution in [0, 0.1) is 5.92 Å². The van der Waals surface area contributed by atoms with Crippen molar-refractivity contribution in [2.24, 2.45) is 5.92 Å². The number of aromatic nitrogens is 3. The summed E-state index contributed by atoms with van der Waals surface area (Å²) in [4.78, 5) is 19.5. The number of pyridine rings is 1. The first-order valence-corrected chi connectivity index (χ1v) is 9.93.